The fourth-order valence-corrected chi connectivity index (χ4v) is 3.15. The Hall–Kier alpha value is -0.490. The van der Waals surface area contributed by atoms with E-state index < -0.39 is 0 Å². The summed E-state index contributed by atoms with van der Waals surface area (Å²) in [7, 11) is 0. The first-order chi connectivity index (χ1) is 10.3. The van der Waals surface area contributed by atoms with Gasteiger partial charge in [-0.05, 0) is 30.0 Å². The predicted octanol–water partition coefficient (Wildman–Crippen LogP) is 7.44. The molecule has 1 aromatic rings. The van der Waals surface area contributed by atoms with Gasteiger partial charge < -0.3 is 0 Å². The maximum atomic E-state index is 5.98. The van der Waals surface area contributed by atoms with Gasteiger partial charge in [0.15, 0.2) is 0 Å². The maximum absolute atomic E-state index is 5.98. The average molecular weight is 309 g/mol. The first-order valence-electron chi connectivity index (χ1n) is 9.00. The molecule has 21 heavy (non-hydrogen) atoms. The number of benzene rings is 1. The molecule has 1 rings (SSSR count). The molecule has 0 aliphatic carbocycles. The Morgan fingerprint density at radius 2 is 1.29 bits per heavy atom. The zero-order valence-electron chi connectivity index (χ0n) is 14.0. The predicted molar refractivity (Wildman–Crippen MR) is 96.2 cm³/mol. The smallest absolute Gasteiger partial charge is 0.0406 e. The number of halogens is 1. The molecular formula is C20H33Cl. The van der Waals surface area contributed by atoms with Gasteiger partial charge >= 0.3 is 0 Å². The molecule has 0 saturated heterocycles. The van der Waals surface area contributed by atoms with Crippen molar-refractivity contribution in [2.45, 2.75) is 84.5 Å². The normalized spacial score (nSPS) is 11.2. The summed E-state index contributed by atoms with van der Waals surface area (Å²) in [6.45, 7) is 4.58. The van der Waals surface area contributed by atoms with Crippen molar-refractivity contribution in [3.63, 3.8) is 0 Å². The molecule has 0 atom stereocenters. The summed E-state index contributed by atoms with van der Waals surface area (Å²) in [6, 6.07) is 8.46. The Bertz CT molecular complexity index is 329. The molecule has 0 aromatic heterocycles. The van der Waals surface area contributed by atoms with Gasteiger partial charge in [0.2, 0.25) is 0 Å². The van der Waals surface area contributed by atoms with Crippen LogP contribution in [0.2, 0.25) is 5.02 Å². The molecule has 0 N–H and O–H groups in total. The molecule has 0 amide bonds. The standard InChI is InChI=1S/C20H33Cl/c1-3-5-7-9-11-18(12-10-8-6-4-2)17-19-13-15-20(21)16-14-19/h13-16,18H,3-12,17H2,1-2H3. The highest BCUT2D eigenvalue weighted by Gasteiger charge is 2.09. The summed E-state index contributed by atoms with van der Waals surface area (Å²) in [6.07, 6.45) is 15.1. The van der Waals surface area contributed by atoms with Crippen LogP contribution in [0.25, 0.3) is 0 Å². The SMILES string of the molecule is CCCCCCC(CCCCCC)Cc1ccc(Cl)cc1. The first kappa shape index (κ1) is 18.6. The van der Waals surface area contributed by atoms with E-state index in [1.165, 1.54) is 76.2 Å². The molecule has 0 saturated carbocycles. The fourth-order valence-electron chi connectivity index (χ4n) is 3.02. The van der Waals surface area contributed by atoms with E-state index in [0.29, 0.717) is 0 Å². The quantitative estimate of drug-likeness (QED) is 0.352. The number of rotatable bonds is 12. The van der Waals surface area contributed by atoms with E-state index in [-0.39, 0.29) is 0 Å². The van der Waals surface area contributed by atoms with Crippen LogP contribution in [0.1, 0.15) is 83.6 Å². The maximum Gasteiger partial charge on any atom is 0.0406 e. The van der Waals surface area contributed by atoms with Crippen LogP contribution in [-0.4, -0.2) is 0 Å². The van der Waals surface area contributed by atoms with E-state index in [4.69, 9.17) is 11.6 Å². The highest BCUT2D eigenvalue weighted by Crippen LogP contribution is 2.23. The van der Waals surface area contributed by atoms with Crippen LogP contribution in [-0.2, 0) is 6.42 Å². The molecule has 0 aliphatic heterocycles. The zero-order chi connectivity index (χ0) is 15.3. The second-order valence-corrected chi connectivity index (χ2v) is 6.83. The highest BCUT2D eigenvalue weighted by atomic mass is 35.5. The largest absolute Gasteiger partial charge is 0.0843 e. The summed E-state index contributed by atoms with van der Waals surface area (Å²) in [5, 5.41) is 0.848. The Morgan fingerprint density at radius 3 is 1.76 bits per heavy atom. The van der Waals surface area contributed by atoms with Crippen LogP contribution >= 0.6 is 11.6 Å². The minimum absolute atomic E-state index is 0.848. The molecule has 0 aliphatic rings. The molecule has 1 aromatic carbocycles. The minimum atomic E-state index is 0.848. The highest BCUT2D eigenvalue weighted by molar-refractivity contribution is 6.30. The van der Waals surface area contributed by atoms with Crippen LogP contribution < -0.4 is 0 Å². The van der Waals surface area contributed by atoms with Crippen molar-refractivity contribution in [3.05, 3.63) is 34.9 Å². The van der Waals surface area contributed by atoms with Crippen molar-refractivity contribution in [3.8, 4) is 0 Å². The van der Waals surface area contributed by atoms with E-state index in [1.54, 1.807) is 0 Å². The summed E-state index contributed by atoms with van der Waals surface area (Å²) in [5.74, 6) is 0.861. The van der Waals surface area contributed by atoms with Crippen molar-refractivity contribution in [1.29, 1.82) is 0 Å². The van der Waals surface area contributed by atoms with Crippen molar-refractivity contribution < 1.29 is 0 Å². The monoisotopic (exact) mass is 308 g/mol. The Morgan fingerprint density at radius 1 is 0.762 bits per heavy atom. The van der Waals surface area contributed by atoms with Gasteiger partial charge in [-0.2, -0.15) is 0 Å². The summed E-state index contributed by atoms with van der Waals surface area (Å²) in [4.78, 5) is 0. The van der Waals surface area contributed by atoms with Crippen LogP contribution in [0.5, 0.6) is 0 Å². The Balaban J connectivity index is 2.39. The molecule has 0 nitrogen and oxygen atoms in total. The van der Waals surface area contributed by atoms with E-state index >= 15 is 0 Å². The topological polar surface area (TPSA) is 0 Å². The van der Waals surface area contributed by atoms with Gasteiger partial charge in [0, 0.05) is 5.02 Å². The van der Waals surface area contributed by atoms with Gasteiger partial charge in [0.25, 0.3) is 0 Å². The van der Waals surface area contributed by atoms with Gasteiger partial charge in [0.05, 0.1) is 0 Å². The summed E-state index contributed by atoms with van der Waals surface area (Å²) in [5.41, 5.74) is 1.45. The Labute approximate surface area is 137 Å². The van der Waals surface area contributed by atoms with E-state index in [1.807, 2.05) is 12.1 Å². The van der Waals surface area contributed by atoms with Crippen molar-refractivity contribution in [2.24, 2.45) is 5.92 Å². The molecule has 0 spiro atoms. The van der Waals surface area contributed by atoms with Crippen molar-refractivity contribution >= 4 is 11.6 Å². The van der Waals surface area contributed by atoms with Crippen LogP contribution in [0.15, 0.2) is 24.3 Å². The third-order valence-electron chi connectivity index (χ3n) is 4.37. The third-order valence-corrected chi connectivity index (χ3v) is 4.62. The van der Waals surface area contributed by atoms with Crippen molar-refractivity contribution in [2.75, 3.05) is 0 Å². The first-order valence-corrected chi connectivity index (χ1v) is 9.38. The lowest BCUT2D eigenvalue weighted by atomic mass is 9.89. The molecule has 0 radical (unpaired) electrons. The van der Waals surface area contributed by atoms with Crippen LogP contribution in [0, 0.1) is 5.92 Å². The van der Waals surface area contributed by atoms with Gasteiger partial charge in [-0.3, -0.25) is 0 Å². The summed E-state index contributed by atoms with van der Waals surface area (Å²) >= 11 is 5.98. The molecule has 0 bridgehead atoms. The molecule has 0 heterocycles. The van der Waals surface area contributed by atoms with E-state index in [0.717, 1.165) is 10.9 Å². The molecule has 120 valence electrons. The van der Waals surface area contributed by atoms with Gasteiger partial charge in [0.1, 0.15) is 0 Å². The van der Waals surface area contributed by atoms with Gasteiger partial charge in [-0.1, -0.05) is 102 Å². The van der Waals surface area contributed by atoms with E-state index in [2.05, 4.69) is 26.0 Å². The molecule has 0 unspecified atom stereocenters. The Kier molecular flexibility index (Phi) is 10.7. The van der Waals surface area contributed by atoms with Crippen LogP contribution in [0.3, 0.4) is 0 Å². The molecule has 0 fully saturated rings. The number of hydrogen-bond acceptors (Lipinski definition) is 0. The van der Waals surface area contributed by atoms with Gasteiger partial charge in [-0.25, -0.2) is 0 Å². The lowest BCUT2D eigenvalue weighted by Gasteiger charge is -2.17. The lowest BCUT2D eigenvalue weighted by Crippen LogP contribution is -2.05. The number of hydrogen-bond donors (Lipinski definition) is 0. The second-order valence-electron chi connectivity index (χ2n) is 6.40. The lowest BCUT2D eigenvalue weighted by molar-refractivity contribution is 0.404. The average Bonchev–Trinajstić information content (AvgIpc) is 2.50. The zero-order valence-corrected chi connectivity index (χ0v) is 14.8. The number of unbranched alkanes of at least 4 members (excludes halogenated alkanes) is 6. The van der Waals surface area contributed by atoms with Gasteiger partial charge in [-0.15, -0.1) is 0 Å². The summed E-state index contributed by atoms with van der Waals surface area (Å²) < 4.78 is 0. The molecule has 1 heteroatoms. The fraction of sp³-hybridized carbons (Fsp3) is 0.700. The van der Waals surface area contributed by atoms with E-state index in [9.17, 15) is 0 Å². The minimum Gasteiger partial charge on any atom is -0.0843 e. The molecular weight excluding hydrogens is 276 g/mol. The third kappa shape index (κ3) is 9.19. The second kappa shape index (κ2) is 12.1. The van der Waals surface area contributed by atoms with Crippen LogP contribution in [0.4, 0.5) is 0 Å². The van der Waals surface area contributed by atoms with Crippen molar-refractivity contribution in [1.82, 2.24) is 0 Å².